The lowest BCUT2D eigenvalue weighted by Gasteiger charge is -2.38. The fourth-order valence-corrected chi connectivity index (χ4v) is 5.65. The molecule has 2 aromatic rings. The minimum atomic E-state index is 0.0368. The average Bonchev–Trinajstić information content (AvgIpc) is 2.89. The second-order valence-electron chi connectivity index (χ2n) is 9.90. The first-order valence-electron chi connectivity index (χ1n) is 12.9. The van der Waals surface area contributed by atoms with E-state index in [0.29, 0.717) is 0 Å². The van der Waals surface area contributed by atoms with Crippen molar-refractivity contribution in [2.24, 2.45) is 0 Å². The van der Waals surface area contributed by atoms with Crippen LogP contribution in [0.25, 0.3) is 0 Å². The molecular weight excluding hydrogens is 424 g/mol. The molecular formula is C28H38N4O2. The highest BCUT2D eigenvalue weighted by Crippen LogP contribution is 2.34. The number of carbonyl (C=O) groups excluding carboxylic acids is 1. The molecule has 1 N–H and O–H groups in total. The zero-order valence-corrected chi connectivity index (χ0v) is 20.7. The fraction of sp³-hybridized carbons (Fsp3) is 0.536. The number of carbonyl (C=O) groups is 1. The van der Waals surface area contributed by atoms with Gasteiger partial charge in [-0.15, -0.1) is 0 Å². The zero-order chi connectivity index (χ0) is 23.5. The number of ether oxygens (including phenoxy) is 1. The van der Waals surface area contributed by atoms with Crippen molar-refractivity contribution in [1.82, 2.24) is 10.2 Å². The summed E-state index contributed by atoms with van der Waals surface area (Å²) in [6, 6.07) is 12.9. The van der Waals surface area contributed by atoms with Gasteiger partial charge in [-0.05, 0) is 79.8 Å². The van der Waals surface area contributed by atoms with Crippen molar-refractivity contribution < 1.29 is 9.53 Å². The lowest BCUT2D eigenvalue weighted by atomic mass is 9.83. The summed E-state index contributed by atoms with van der Waals surface area (Å²) in [4.78, 5) is 20.4. The summed E-state index contributed by atoms with van der Waals surface area (Å²) in [5.74, 6) is 0.0368. The molecule has 2 fully saturated rings. The summed E-state index contributed by atoms with van der Waals surface area (Å²) >= 11 is 0. The van der Waals surface area contributed by atoms with Gasteiger partial charge >= 0.3 is 0 Å². The number of amides is 1. The Hall–Kier alpha value is -2.57. The van der Waals surface area contributed by atoms with E-state index in [-0.39, 0.29) is 11.9 Å². The van der Waals surface area contributed by atoms with E-state index in [2.05, 4.69) is 58.3 Å². The van der Waals surface area contributed by atoms with Gasteiger partial charge in [0.25, 0.3) is 5.91 Å². The lowest BCUT2D eigenvalue weighted by molar-refractivity contribution is 0.0933. The van der Waals surface area contributed by atoms with Crippen molar-refractivity contribution in [1.29, 1.82) is 0 Å². The Labute approximate surface area is 203 Å². The summed E-state index contributed by atoms with van der Waals surface area (Å²) < 4.78 is 5.45. The molecule has 2 saturated heterocycles. The van der Waals surface area contributed by atoms with E-state index in [9.17, 15) is 4.79 Å². The highest BCUT2D eigenvalue weighted by molar-refractivity contribution is 5.94. The van der Waals surface area contributed by atoms with Gasteiger partial charge in [0.1, 0.15) is 0 Å². The molecule has 6 nitrogen and oxygen atoms in total. The number of piperazine rings is 1. The van der Waals surface area contributed by atoms with Crippen molar-refractivity contribution in [3.63, 3.8) is 0 Å². The molecule has 34 heavy (non-hydrogen) atoms. The molecule has 6 heteroatoms. The SMILES string of the molecule is CCc1ccc(N2CCN(C)CC2)c2c1CCC(NC(=O)c1ccc(N3CCOCC3)cc1)C2. The van der Waals surface area contributed by atoms with Crippen LogP contribution in [0.4, 0.5) is 11.4 Å². The number of morpholine rings is 1. The molecule has 5 rings (SSSR count). The molecule has 2 aliphatic heterocycles. The van der Waals surface area contributed by atoms with Gasteiger partial charge in [-0.25, -0.2) is 0 Å². The molecule has 1 atom stereocenters. The van der Waals surface area contributed by atoms with Crippen LogP contribution in [-0.4, -0.2) is 76.4 Å². The predicted octanol–water partition coefficient (Wildman–Crippen LogP) is 3.12. The van der Waals surface area contributed by atoms with Crippen LogP contribution in [-0.2, 0) is 24.0 Å². The van der Waals surface area contributed by atoms with Gasteiger partial charge in [-0.3, -0.25) is 4.79 Å². The highest BCUT2D eigenvalue weighted by Gasteiger charge is 2.27. The molecule has 2 heterocycles. The van der Waals surface area contributed by atoms with E-state index in [1.165, 1.54) is 22.4 Å². The predicted molar refractivity (Wildman–Crippen MR) is 138 cm³/mol. The van der Waals surface area contributed by atoms with E-state index in [1.54, 1.807) is 0 Å². The van der Waals surface area contributed by atoms with Gasteiger partial charge in [0.15, 0.2) is 0 Å². The monoisotopic (exact) mass is 462 g/mol. The molecule has 1 aliphatic carbocycles. The normalized spacial score (nSPS) is 21.3. The largest absolute Gasteiger partial charge is 0.378 e. The lowest BCUT2D eigenvalue weighted by Crippen LogP contribution is -2.45. The minimum absolute atomic E-state index is 0.0368. The Bertz CT molecular complexity index is 992. The van der Waals surface area contributed by atoms with E-state index < -0.39 is 0 Å². The van der Waals surface area contributed by atoms with Crippen LogP contribution < -0.4 is 15.1 Å². The van der Waals surface area contributed by atoms with E-state index in [0.717, 1.165) is 89.4 Å². The molecule has 182 valence electrons. The summed E-state index contributed by atoms with van der Waals surface area (Å²) in [5.41, 5.74) is 7.74. The van der Waals surface area contributed by atoms with Crippen LogP contribution in [0.3, 0.4) is 0 Å². The number of likely N-dealkylation sites (N-methyl/N-ethyl adjacent to an activating group) is 1. The van der Waals surface area contributed by atoms with Gasteiger partial charge in [-0.1, -0.05) is 13.0 Å². The Morgan fingerprint density at radius 1 is 0.941 bits per heavy atom. The Morgan fingerprint density at radius 3 is 2.38 bits per heavy atom. The summed E-state index contributed by atoms with van der Waals surface area (Å²) in [6.07, 6.45) is 4.03. The van der Waals surface area contributed by atoms with Gasteiger partial charge < -0.3 is 24.8 Å². The van der Waals surface area contributed by atoms with Crippen LogP contribution in [0, 0.1) is 0 Å². The van der Waals surface area contributed by atoms with E-state index in [4.69, 9.17) is 4.74 Å². The maximum Gasteiger partial charge on any atom is 0.251 e. The first-order valence-corrected chi connectivity index (χ1v) is 12.9. The van der Waals surface area contributed by atoms with E-state index >= 15 is 0 Å². The average molecular weight is 463 g/mol. The maximum absolute atomic E-state index is 13.1. The Kier molecular flexibility index (Phi) is 7.07. The quantitative estimate of drug-likeness (QED) is 0.740. The van der Waals surface area contributed by atoms with Crippen molar-refractivity contribution in [3.8, 4) is 0 Å². The molecule has 0 radical (unpaired) electrons. The first-order chi connectivity index (χ1) is 16.6. The van der Waals surface area contributed by atoms with Crippen LogP contribution in [0.15, 0.2) is 36.4 Å². The fourth-order valence-electron chi connectivity index (χ4n) is 5.65. The number of anilines is 2. The first kappa shape index (κ1) is 23.2. The topological polar surface area (TPSA) is 48.0 Å². The number of rotatable bonds is 5. The number of hydrogen-bond acceptors (Lipinski definition) is 5. The van der Waals surface area contributed by atoms with Crippen LogP contribution in [0.2, 0.25) is 0 Å². The van der Waals surface area contributed by atoms with E-state index in [1.807, 2.05) is 12.1 Å². The molecule has 0 aromatic heterocycles. The van der Waals surface area contributed by atoms with Crippen molar-refractivity contribution in [2.75, 3.05) is 69.3 Å². The van der Waals surface area contributed by atoms with Crippen molar-refractivity contribution in [2.45, 2.75) is 38.6 Å². The number of nitrogens with zero attached hydrogens (tertiary/aromatic N) is 3. The third-order valence-corrected chi connectivity index (χ3v) is 7.76. The number of fused-ring (bicyclic) bond motifs is 1. The molecule has 1 unspecified atom stereocenters. The van der Waals surface area contributed by atoms with Crippen molar-refractivity contribution in [3.05, 3.63) is 58.7 Å². The Balaban J connectivity index is 1.29. The zero-order valence-electron chi connectivity index (χ0n) is 20.7. The molecule has 0 bridgehead atoms. The number of hydrogen-bond donors (Lipinski definition) is 1. The van der Waals surface area contributed by atoms with Gasteiger partial charge in [0.2, 0.25) is 0 Å². The Morgan fingerprint density at radius 2 is 1.68 bits per heavy atom. The molecule has 0 spiro atoms. The molecule has 1 amide bonds. The van der Waals surface area contributed by atoms with Gasteiger partial charge in [-0.2, -0.15) is 0 Å². The third-order valence-electron chi connectivity index (χ3n) is 7.76. The maximum atomic E-state index is 13.1. The third kappa shape index (κ3) is 4.93. The second-order valence-corrected chi connectivity index (χ2v) is 9.90. The van der Waals surface area contributed by atoms with Gasteiger partial charge in [0.05, 0.1) is 13.2 Å². The molecule has 0 saturated carbocycles. The molecule has 2 aromatic carbocycles. The van der Waals surface area contributed by atoms with Crippen LogP contribution in [0.1, 0.15) is 40.4 Å². The number of nitrogens with one attached hydrogen (secondary N) is 1. The second kappa shape index (κ2) is 10.4. The molecule has 3 aliphatic rings. The van der Waals surface area contributed by atoms with Gasteiger partial charge in [0, 0.05) is 62.2 Å². The summed E-state index contributed by atoms with van der Waals surface area (Å²) in [7, 11) is 2.20. The summed E-state index contributed by atoms with van der Waals surface area (Å²) in [6.45, 7) is 9.94. The standard InChI is InChI=1S/C28H38N4O2/c1-3-21-6-11-27(32-14-12-30(2)13-15-32)26-20-23(7-10-25(21)26)29-28(33)22-4-8-24(9-5-22)31-16-18-34-19-17-31/h4-6,8-9,11,23H,3,7,10,12-20H2,1-2H3,(H,29,33). The van der Waals surface area contributed by atoms with Crippen LogP contribution in [0.5, 0.6) is 0 Å². The van der Waals surface area contributed by atoms with Crippen LogP contribution >= 0.6 is 0 Å². The number of benzene rings is 2. The summed E-state index contributed by atoms with van der Waals surface area (Å²) in [5, 5.41) is 3.35. The minimum Gasteiger partial charge on any atom is -0.378 e. The van der Waals surface area contributed by atoms with Crippen molar-refractivity contribution >= 4 is 17.3 Å². The smallest absolute Gasteiger partial charge is 0.251 e. The number of aryl methyl sites for hydroxylation is 1. The highest BCUT2D eigenvalue weighted by atomic mass is 16.5.